The summed E-state index contributed by atoms with van der Waals surface area (Å²) in [4.78, 5) is 20.9. The predicted molar refractivity (Wildman–Crippen MR) is 99.2 cm³/mol. The van der Waals surface area contributed by atoms with Crippen molar-refractivity contribution in [2.24, 2.45) is 0 Å². The van der Waals surface area contributed by atoms with Crippen LogP contribution >= 0.6 is 23.5 Å². The van der Waals surface area contributed by atoms with E-state index in [9.17, 15) is 4.79 Å². The third-order valence-electron chi connectivity index (χ3n) is 3.92. The minimum atomic E-state index is -0.170. The molecule has 4 nitrogen and oxygen atoms in total. The summed E-state index contributed by atoms with van der Waals surface area (Å²) in [5, 5.41) is 4.35. The first kappa shape index (κ1) is 18.6. The summed E-state index contributed by atoms with van der Waals surface area (Å²) in [6.07, 6.45) is 6.81. The van der Waals surface area contributed by atoms with Crippen LogP contribution in [-0.2, 0) is 4.79 Å². The smallest absolute Gasteiger partial charge is 0.233 e. The fraction of sp³-hybridized carbons (Fsp3) is 0.706. The zero-order chi connectivity index (χ0) is 16.7. The minimum absolute atomic E-state index is 0.0713. The van der Waals surface area contributed by atoms with Crippen LogP contribution < -0.4 is 5.32 Å². The van der Waals surface area contributed by atoms with Crippen LogP contribution in [0.25, 0.3) is 0 Å². The fourth-order valence-corrected chi connectivity index (χ4v) is 4.85. The fourth-order valence-electron chi connectivity index (χ4n) is 2.73. The molecule has 1 atom stereocenters. The summed E-state index contributed by atoms with van der Waals surface area (Å²) in [5.41, 5.74) is 1.88. The Balaban J connectivity index is 1.68. The number of aromatic nitrogens is 2. The van der Waals surface area contributed by atoms with Gasteiger partial charge in [0.15, 0.2) is 5.16 Å². The van der Waals surface area contributed by atoms with E-state index in [1.54, 1.807) is 0 Å². The summed E-state index contributed by atoms with van der Waals surface area (Å²) >= 11 is 3.44. The SMILES string of the molecule is Cc1cc(C)nc(S[C@H](C)C(=O)NCCSC2CCCCC2)n1. The number of nitrogens with zero attached hydrogens (tertiary/aromatic N) is 2. The molecule has 2 rings (SSSR count). The summed E-state index contributed by atoms with van der Waals surface area (Å²) < 4.78 is 0. The molecular weight excluding hydrogens is 326 g/mol. The molecule has 128 valence electrons. The quantitative estimate of drug-likeness (QED) is 0.459. The number of amides is 1. The van der Waals surface area contributed by atoms with Gasteiger partial charge in [-0.1, -0.05) is 31.0 Å². The maximum atomic E-state index is 12.2. The van der Waals surface area contributed by atoms with Crippen LogP contribution in [-0.4, -0.2) is 38.7 Å². The maximum Gasteiger partial charge on any atom is 0.233 e. The normalized spacial score (nSPS) is 17.0. The average Bonchev–Trinajstić information content (AvgIpc) is 2.51. The van der Waals surface area contributed by atoms with E-state index in [1.807, 2.05) is 38.6 Å². The molecular formula is C17H27N3OS2. The topological polar surface area (TPSA) is 54.9 Å². The number of nitrogens with one attached hydrogen (secondary N) is 1. The van der Waals surface area contributed by atoms with Gasteiger partial charge >= 0.3 is 0 Å². The molecule has 0 aliphatic heterocycles. The van der Waals surface area contributed by atoms with E-state index < -0.39 is 0 Å². The van der Waals surface area contributed by atoms with E-state index in [0.29, 0.717) is 5.16 Å². The van der Waals surface area contributed by atoms with Gasteiger partial charge in [-0.25, -0.2) is 9.97 Å². The van der Waals surface area contributed by atoms with E-state index in [1.165, 1.54) is 43.9 Å². The highest BCUT2D eigenvalue weighted by Crippen LogP contribution is 2.27. The van der Waals surface area contributed by atoms with Crippen LogP contribution in [0.2, 0.25) is 0 Å². The Bertz CT molecular complexity index is 498. The van der Waals surface area contributed by atoms with Crippen molar-refractivity contribution in [3.63, 3.8) is 0 Å². The molecule has 0 spiro atoms. The summed E-state index contributed by atoms with van der Waals surface area (Å²) in [6.45, 7) is 6.56. The van der Waals surface area contributed by atoms with Gasteiger partial charge in [-0.05, 0) is 39.7 Å². The van der Waals surface area contributed by atoms with Gasteiger partial charge in [-0.2, -0.15) is 11.8 Å². The Morgan fingerprint density at radius 2 is 1.91 bits per heavy atom. The second-order valence-electron chi connectivity index (χ2n) is 6.12. The van der Waals surface area contributed by atoms with Crippen molar-refractivity contribution in [1.82, 2.24) is 15.3 Å². The molecule has 1 heterocycles. The zero-order valence-corrected chi connectivity index (χ0v) is 15.9. The van der Waals surface area contributed by atoms with Crippen LogP contribution in [0.1, 0.15) is 50.4 Å². The van der Waals surface area contributed by atoms with Crippen molar-refractivity contribution in [3.8, 4) is 0 Å². The number of thioether (sulfide) groups is 2. The monoisotopic (exact) mass is 353 g/mol. The van der Waals surface area contributed by atoms with E-state index in [-0.39, 0.29) is 11.2 Å². The molecule has 0 aromatic carbocycles. The molecule has 0 radical (unpaired) electrons. The lowest BCUT2D eigenvalue weighted by molar-refractivity contribution is -0.120. The van der Waals surface area contributed by atoms with E-state index in [4.69, 9.17) is 0 Å². The molecule has 0 unspecified atom stereocenters. The number of aryl methyl sites for hydroxylation is 2. The van der Waals surface area contributed by atoms with E-state index in [2.05, 4.69) is 15.3 Å². The van der Waals surface area contributed by atoms with Gasteiger partial charge in [0.25, 0.3) is 0 Å². The number of carbonyl (C=O) groups is 1. The van der Waals surface area contributed by atoms with Gasteiger partial charge in [0, 0.05) is 28.9 Å². The minimum Gasteiger partial charge on any atom is -0.354 e. The van der Waals surface area contributed by atoms with Gasteiger partial charge in [0.1, 0.15) is 0 Å². The zero-order valence-electron chi connectivity index (χ0n) is 14.3. The highest BCUT2D eigenvalue weighted by atomic mass is 32.2. The van der Waals surface area contributed by atoms with Crippen molar-refractivity contribution >= 4 is 29.4 Å². The molecule has 1 aliphatic rings. The number of carbonyl (C=O) groups excluding carboxylic acids is 1. The molecule has 1 saturated carbocycles. The van der Waals surface area contributed by atoms with Crippen molar-refractivity contribution < 1.29 is 4.79 Å². The van der Waals surface area contributed by atoms with Gasteiger partial charge in [0.2, 0.25) is 5.91 Å². The van der Waals surface area contributed by atoms with Crippen molar-refractivity contribution in [2.75, 3.05) is 12.3 Å². The first-order valence-corrected chi connectivity index (χ1v) is 10.4. The number of rotatable bonds is 7. The second kappa shape index (κ2) is 9.52. The lowest BCUT2D eigenvalue weighted by atomic mass is 10.0. The average molecular weight is 354 g/mol. The van der Waals surface area contributed by atoms with Gasteiger partial charge in [0.05, 0.1) is 5.25 Å². The largest absolute Gasteiger partial charge is 0.354 e. The van der Waals surface area contributed by atoms with Crippen LogP contribution in [0.3, 0.4) is 0 Å². The third kappa shape index (κ3) is 6.71. The molecule has 1 aliphatic carbocycles. The first-order chi connectivity index (χ1) is 11.0. The van der Waals surface area contributed by atoms with Crippen LogP contribution in [0.5, 0.6) is 0 Å². The Kier molecular flexibility index (Phi) is 7.70. The first-order valence-electron chi connectivity index (χ1n) is 8.43. The molecule has 1 N–H and O–H groups in total. The number of hydrogen-bond acceptors (Lipinski definition) is 5. The van der Waals surface area contributed by atoms with Crippen molar-refractivity contribution in [3.05, 3.63) is 17.5 Å². The molecule has 1 aromatic rings. The lowest BCUT2D eigenvalue weighted by Gasteiger charge is -2.21. The Morgan fingerprint density at radius 1 is 1.26 bits per heavy atom. The molecule has 0 bridgehead atoms. The van der Waals surface area contributed by atoms with Crippen molar-refractivity contribution in [2.45, 2.75) is 68.5 Å². The summed E-state index contributed by atoms with van der Waals surface area (Å²) in [7, 11) is 0. The Hall–Kier alpha value is -0.750. The number of hydrogen-bond donors (Lipinski definition) is 1. The summed E-state index contributed by atoms with van der Waals surface area (Å²) in [5.74, 6) is 1.08. The summed E-state index contributed by atoms with van der Waals surface area (Å²) in [6, 6.07) is 1.94. The highest BCUT2D eigenvalue weighted by molar-refractivity contribution is 8.00. The third-order valence-corrected chi connectivity index (χ3v) is 6.26. The predicted octanol–water partition coefficient (Wildman–Crippen LogP) is 3.76. The van der Waals surface area contributed by atoms with Crippen LogP contribution in [0.4, 0.5) is 0 Å². The molecule has 0 saturated heterocycles. The van der Waals surface area contributed by atoms with E-state index >= 15 is 0 Å². The van der Waals surface area contributed by atoms with Gasteiger partial charge in [-0.3, -0.25) is 4.79 Å². The molecule has 1 aromatic heterocycles. The molecule has 1 fully saturated rings. The standard InChI is InChI=1S/C17H27N3OS2/c1-12-11-13(2)20-17(19-12)23-14(3)16(21)18-9-10-22-15-7-5-4-6-8-15/h11,14-15H,4-10H2,1-3H3,(H,18,21)/t14-/m1/s1. The van der Waals surface area contributed by atoms with Gasteiger partial charge < -0.3 is 5.32 Å². The van der Waals surface area contributed by atoms with Crippen LogP contribution in [0, 0.1) is 13.8 Å². The maximum absolute atomic E-state index is 12.2. The van der Waals surface area contributed by atoms with Crippen molar-refractivity contribution in [1.29, 1.82) is 0 Å². The van der Waals surface area contributed by atoms with E-state index in [0.717, 1.165) is 28.9 Å². The van der Waals surface area contributed by atoms with Crippen LogP contribution in [0.15, 0.2) is 11.2 Å². The van der Waals surface area contributed by atoms with Gasteiger partial charge in [-0.15, -0.1) is 0 Å². The Morgan fingerprint density at radius 3 is 2.57 bits per heavy atom. The Labute approximate surface area is 148 Å². The lowest BCUT2D eigenvalue weighted by Crippen LogP contribution is -2.33. The molecule has 6 heteroatoms. The second-order valence-corrected chi connectivity index (χ2v) is 8.83. The molecule has 23 heavy (non-hydrogen) atoms. The highest BCUT2D eigenvalue weighted by Gasteiger charge is 2.17. The molecule has 1 amide bonds.